The van der Waals surface area contributed by atoms with Crippen molar-refractivity contribution in [3.8, 4) is 5.75 Å². The third-order valence-corrected chi connectivity index (χ3v) is 4.22. The Hall–Kier alpha value is -2.41. The third-order valence-electron chi connectivity index (χ3n) is 3.73. The fraction of sp³-hybridized carbons (Fsp3) is 0.278. The van der Waals surface area contributed by atoms with Crippen molar-refractivity contribution in [2.24, 2.45) is 0 Å². The summed E-state index contributed by atoms with van der Waals surface area (Å²) < 4.78 is 6.58. The van der Waals surface area contributed by atoms with Crippen LogP contribution in [0.3, 0.4) is 0 Å². The lowest BCUT2D eigenvalue weighted by Gasteiger charge is -2.15. The summed E-state index contributed by atoms with van der Waals surface area (Å²) in [5, 5.41) is 13.6. The number of benzene rings is 2. The van der Waals surface area contributed by atoms with Gasteiger partial charge in [-0.15, -0.1) is 0 Å². The Bertz CT molecular complexity index is 806. The molecule has 25 heavy (non-hydrogen) atoms. The van der Waals surface area contributed by atoms with Gasteiger partial charge in [-0.05, 0) is 42.7 Å². The summed E-state index contributed by atoms with van der Waals surface area (Å²) in [6.07, 6.45) is 0. The van der Waals surface area contributed by atoms with Crippen LogP contribution in [0.1, 0.15) is 30.9 Å². The largest absolute Gasteiger partial charge is 0.483 e. The molecule has 6 nitrogen and oxygen atoms in total. The van der Waals surface area contributed by atoms with Crippen LogP contribution < -0.4 is 10.1 Å². The fourth-order valence-electron chi connectivity index (χ4n) is 2.39. The highest BCUT2D eigenvalue weighted by atomic mass is 79.9. The van der Waals surface area contributed by atoms with E-state index in [1.165, 1.54) is 12.1 Å². The zero-order chi connectivity index (χ0) is 18.6. The van der Waals surface area contributed by atoms with Gasteiger partial charge in [0.25, 0.3) is 11.6 Å². The number of ether oxygens (including phenoxy) is 1. The number of nitrogens with zero attached hydrogens (tertiary/aromatic N) is 1. The highest BCUT2D eigenvalue weighted by Gasteiger charge is 2.15. The molecule has 0 fully saturated rings. The van der Waals surface area contributed by atoms with E-state index in [1.807, 2.05) is 32.0 Å². The molecule has 0 aliphatic heterocycles. The van der Waals surface area contributed by atoms with E-state index < -0.39 is 4.92 Å². The minimum Gasteiger partial charge on any atom is -0.483 e. The van der Waals surface area contributed by atoms with Crippen molar-refractivity contribution in [2.45, 2.75) is 26.7 Å². The third kappa shape index (κ3) is 4.79. The molecule has 2 aromatic carbocycles. The molecule has 0 spiro atoms. The number of hydrogen-bond donors (Lipinski definition) is 1. The van der Waals surface area contributed by atoms with Crippen LogP contribution in [0.2, 0.25) is 0 Å². The Morgan fingerprint density at radius 2 is 2.04 bits per heavy atom. The molecule has 1 amide bonds. The minimum absolute atomic E-state index is 0.0336. The molecular weight excluding hydrogens is 388 g/mol. The van der Waals surface area contributed by atoms with Gasteiger partial charge in [0.15, 0.2) is 6.61 Å². The van der Waals surface area contributed by atoms with Crippen molar-refractivity contribution in [1.82, 2.24) is 0 Å². The predicted molar refractivity (Wildman–Crippen MR) is 100 cm³/mol. The van der Waals surface area contributed by atoms with Crippen LogP contribution in [-0.4, -0.2) is 17.4 Å². The summed E-state index contributed by atoms with van der Waals surface area (Å²) >= 11 is 3.43. The highest BCUT2D eigenvalue weighted by Crippen LogP contribution is 2.30. The smallest absolute Gasteiger partial charge is 0.274 e. The predicted octanol–water partition coefficient (Wildman–Crippen LogP) is 4.81. The number of hydrogen-bond acceptors (Lipinski definition) is 4. The first-order valence-corrected chi connectivity index (χ1v) is 8.55. The summed E-state index contributed by atoms with van der Waals surface area (Å²) in [4.78, 5) is 22.6. The van der Waals surface area contributed by atoms with E-state index in [1.54, 1.807) is 13.0 Å². The molecule has 0 bridgehead atoms. The molecule has 2 aromatic rings. The number of nitro groups is 1. The lowest BCUT2D eigenvalue weighted by Crippen LogP contribution is -2.21. The monoisotopic (exact) mass is 406 g/mol. The van der Waals surface area contributed by atoms with Gasteiger partial charge in [-0.2, -0.15) is 0 Å². The van der Waals surface area contributed by atoms with Crippen molar-refractivity contribution >= 4 is 33.2 Å². The molecule has 0 aromatic heterocycles. The van der Waals surface area contributed by atoms with E-state index in [4.69, 9.17) is 4.74 Å². The Morgan fingerprint density at radius 1 is 1.32 bits per heavy atom. The molecule has 0 aliphatic rings. The number of nitrogens with one attached hydrogen (secondary N) is 1. The maximum atomic E-state index is 12.2. The van der Waals surface area contributed by atoms with Crippen LogP contribution in [0.25, 0.3) is 0 Å². The van der Waals surface area contributed by atoms with E-state index in [2.05, 4.69) is 21.2 Å². The second kappa shape index (κ2) is 8.11. The Kier molecular flexibility index (Phi) is 6.14. The molecule has 1 N–H and O–H groups in total. The van der Waals surface area contributed by atoms with E-state index in [9.17, 15) is 14.9 Å². The summed E-state index contributed by atoms with van der Waals surface area (Å²) in [7, 11) is 0. The van der Waals surface area contributed by atoms with Gasteiger partial charge in [0.1, 0.15) is 5.75 Å². The van der Waals surface area contributed by atoms with Crippen LogP contribution in [0.5, 0.6) is 5.75 Å². The number of anilines is 1. The zero-order valence-electron chi connectivity index (χ0n) is 14.2. The Morgan fingerprint density at radius 3 is 2.68 bits per heavy atom. The molecule has 0 radical (unpaired) electrons. The molecular formula is C18H19BrN2O4. The van der Waals surface area contributed by atoms with Crippen LogP contribution >= 0.6 is 15.9 Å². The Labute approximate surface area is 154 Å². The van der Waals surface area contributed by atoms with Crippen molar-refractivity contribution in [3.05, 3.63) is 62.1 Å². The van der Waals surface area contributed by atoms with Crippen molar-refractivity contribution in [3.63, 3.8) is 0 Å². The first-order valence-electron chi connectivity index (χ1n) is 7.75. The SMILES string of the molecule is Cc1c(NC(=O)COc2ccc(Br)cc2C(C)C)cccc1[N+](=O)[O-]. The lowest BCUT2D eigenvalue weighted by atomic mass is 10.0. The summed E-state index contributed by atoms with van der Waals surface area (Å²) in [5.41, 5.74) is 1.78. The maximum absolute atomic E-state index is 12.2. The standard InChI is InChI=1S/C18H19BrN2O4/c1-11(2)14-9-13(19)7-8-17(14)25-10-18(22)20-15-5-4-6-16(12(15)3)21(23)24/h4-9,11H,10H2,1-3H3,(H,20,22). The van der Waals surface area contributed by atoms with Gasteiger partial charge < -0.3 is 10.1 Å². The number of nitro benzene ring substituents is 1. The van der Waals surface area contributed by atoms with E-state index in [0.717, 1.165) is 10.0 Å². The number of carbonyl (C=O) groups excluding carboxylic acids is 1. The number of rotatable bonds is 6. The molecule has 0 aliphatic carbocycles. The Balaban J connectivity index is 2.08. The van der Waals surface area contributed by atoms with Crippen LogP contribution in [0.15, 0.2) is 40.9 Å². The normalized spacial score (nSPS) is 10.6. The van der Waals surface area contributed by atoms with Crippen LogP contribution in [-0.2, 0) is 4.79 Å². The van der Waals surface area contributed by atoms with Crippen LogP contribution in [0.4, 0.5) is 11.4 Å². The van der Waals surface area contributed by atoms with Gasteiger partial charge >= 0.3 is 0 Å². The number of carbonyl (C=O) groups is 1. The molecule has 2 rings (SSSR count). The molecule has 7 heteroatoms. The van der Waals surface area contributed by atoms with Gasteiger partial charge in [0, 0.05) is 10.5 Å². The number of halogens is 1. The summed E-state index contributed by atoms with van der Waals surface area (Å²) in [6, 6.07) is 10.2. The highest BCUT2D eigenvalue weighted by molar-refractivity contribution is 9.10. The summed E-state index contributed by atoms with van der Waals surface area (Å²) in [5.74, 6) is 0.514. The first kappa shape index (κ1) is 18.9. The molecule has 0 heterocycles. The van der Waals surface area contributed by atoms with E-state index in [-0.39, 0.29) is 24.1 Å². The molecule has 0 unspecified atom stereocenters. The molecule has 132 valence electrons. The average molecular weight is 407 g/mol. The maximum Gasteiger partial charge on any atom is 0.274 e. The molecule has 0 saturated carbocycles. The second-order valence-corrected chi connectivity index (χ2v) is 6.80. The number of amides is 1. The van der Waals surface area contributed by atoms with Crippen molar-refractivity contribution in [2.75, 3.05) is 11.9 Å². The van der Waals surface area contributed by atoms with Crippen molar-refractivity contribution in [1.29, 1.82) is 0 Å². The van der Waals surface area contributed by atoms with Gasteiger partial charge in [-0.3, -0.25) is 14.9 Å². The van der Waals surface area contributed by atoms with Gasteiger partial charge in [0.2, 0.25) is 0 Å². The quantitative estimate of drug-likeness (QED) is 0.551. The summed E-state index contributed by atoms with van der Waals surface area (Å²) in [6.45, 7) is 5.51. The van der Waals surface area contributed by atoms with E-state index in [0.29, 0.717) is 17.0 Å². The topological polar surface area (TPSA) is 81.5 Å². The fourth-order valence-corrected chi connectivity index (χ4v) is 2.77. The van der Waals surface area contributed by atoms with Crippen molar-refractivity contribution < 1.29 is 14.5 Å². The molecule has 0 atom stereocenters. The van der Waals surface area contributed by atoms with Gasteiger partial charge in [-0.25, -0.2) is 0 Å². The zero-order valence-corrected chi connectivity index (χ0v) is 15.8. The minimum atomic E-state index is -0.474. The first-order chi connectivity index (χ1) is 11.8. The van der Waals surface area contributed by atoms with Gasteiger partial charge in [0.05, 0.1) is 16.2 Å². The van der Waals surface area contributed by atoms with Gasteiger partial charge in [-0.1, -0.05) is 35.8 Å². The average Bonchev–Trinajstić information content (AvgIpc) is 2.55. The molecule has 0 saturated heterocycles. The lowest BCUT2D eigenvalue weighted by molar-refractivity contribution is -0.385. The van der Waals surface area contributed by atoms with E-state index >= 15 is 0 Å². The second-order valence-electron chi connectivity index (χ2n) is 5.88. The van der Waals surface area contributed by atoms with Crippen LogP contribution in [0, 0.1) is 17.0 Å².